The van der Waals surface area contributed by atoms with E-state index < -0.39 is 34.3 Å². The van der Waals surface area contributed by atoms with Gasteiger partial charge in [-0.25, -0.2) is 12.8 Å². The molecule has 0 aliphatic carbocycles. The van der Waals surface area contributed by atoms with E-state index >= 15 is 0 Å². The van der Waals surface area contributed by atoms with E-state index in [0.717, 1.165) is 34.1 Å². The zero-order valence-electron chi connectivity index (χ0n) is 23.0. The maximum atomic E-state index is 13.9. The third-order valence-electron chi connectivity index (χ3n) is 6.34. The van der Waals surface area contributed by atoms with Gasteiger partial charge in [-0.1, -0.05) is 37.3 Å². The Morgan fingerprint density at radius 2 is 1.57 bits per heavy atom. The number of ether oxygens (including phenoxy) is 1. The van der Waals surface area contributed by atoms with Crippen LogP contribution in [0.2, 0.25) is 0 Å². The maximum Gasteiger partial charge on any atom is 0.264 e. The molecule has 0 fully saturated rings. The lowest BCUT2D eigenvalue weighted by molar-refractivity contribution is -0.139. The van der Waals surface area contributed by atoms with Crippen LogP contribution in [0.25, 0.3) is 0 Å². The van der Waals surface area contributed by atoms with Crippen molar-refractivity contribution < 1.29 is 27.1 Å². The molecule has 0 aliphatic rings. The van der Waals surface area contributed by atoms with Crippen molar-refractivity contribution in [1.82, 2.24) is 10.2 Å². The van der Waals surface area contributed by atoms with E-state index in [-0.39, 0.29) is 23.0 Å². The molecular formula is C30H36FN3O5S. The Kier molecular flexibility index (Phi) is 11.1. The number of hydrogen-bond acceptors (Lipinski definition) is 5. The lowest BCUT2D eigenvalue weighted by Gasteiger charge is -2.33. The van der Waals surface area contributed by atoms with Gasteiger partial charge in [-0.15, -0.1) is 0 Å². The Morgan fingerprint density at radius 1 is 0.925 bits per heavy atom. The summed E-state index contributed by atoms with van der Waals surface area (Å²) >= 11 is 0. The number of anilines is 1. The Labute approximate surface area is 235 Å². The average Bonchev–Trinajstić information content (AvgIpc) is 2.95. The molecule has 0 spiro atoms. The van der Waals surface area contributed by atoms with Gasteiger partial charge in [0.25, 0.3) is 10.0 Å². The molecule has 3 rings (SSSR count). The van der Waals surface area contributed by atoms with Gasteiger partial charge in [0.2, 0.25) is 11.8 Å². The van der Waals surface area contributed by atoms with Crippen molar-refractivity contribution in [3.8, 4) is 5.75 Å². The first-order chi connectivity index (χ1) is 19.2. The molecule has 1 atom stereocenters. The second kappa shape index (κ2) is 14.5. The molecule has 0 aliphatic heterocycles. The van der Waals surface area contributed by atoms with Crippen molar-refractivity contribution in [3.63, 3.8) is 0 Å². The number of nitrogens with zero attached hydrogens (tertiary/aromatic N) is 2. The van der Waals surface area contributed by atoms with Crippen molar-refractivity contribution in [3.05, 3.63) is 90.2 Å². The van der Waals surface area contributed by atoms with Gasteiger partial charge in [0.1, 0.15) is 24.2 Å². The molecule has 1 N–H and O–H groups in total. The third-order valence-corrected chi connectivity index (χ3v) is 8.13. The second-order valence-electron chi connectivity index (χ2n) is 9.03. The van der Waals surface area contributed by atoms with Crippen molar-refractivity contribution in [1.29, 1.82) is 0 Å². The number of amides is 2. The van der Waals surface area contributed by atoms with Crippen LogP contribution in [-0.2, 0) is 26.0 Å². The van der Waals surface area contributed by atoms with Crippen LogP contribution in [0.1, 0.15) is 32.8 Å². The van der Waals surface area contributed by atoms with E-state index in [0.29, 0.717) is 31.7 Å². The summed E-state index contributed by atoms with van der Waals surface area (Å²) in [5.41, 5.74) is 1.21. The largest absolute Gasteiger partial charge is 0.494 e. The summed E-state index contributed by atoms with van der Waals surface area (Å²) < 4.78 is 47.6. The third kappa shape index (κ3) is 7.81. The predicted octanol–water partition coefficient (Wildman–Crippen LogP) is 4.41. The number of halogens is 1. The summed E-state index contributed by atoms with van der Waals surface area (Å²) in [6, 6.07) is 19.5. The molecule has 0 radical (unpaired) electrons. The van der Waals surface area contributed by atoms with Crippen LogP contribution in [0.3, 0.4) is 0 Å². The molecule has 3 aromatic rings. The molecule has 0 saturated carbocycles. The van der Waals surface area contributed by atoms with E-state index in [9.17, 15) is 22.4 Å². The minimum Gasteiger partial charge on any atom is -0.494 e. The fourth-order valence-electron chi connectivity index (χ4n) is 4.33. The number of carbonyl (C=O) groups is 2. The van der Waals surface area contributed by atoms with Gasteiger partial charge in [-0.2, -0.15) is 0 Å². The second-order valence-corrected chi connectivity index (χ2v) is 10.9. The van der Waals surface area contributed by atoms with Crippen molar-refractivity contribution >= 4 is 27.5 Å². The Hall–Kier alpha value is -3.92. The highest BCUT2D eigenvalue weighted by Crippen LogP contribution is 2.27. The van der Waals surface area contributed by atoms with Gasteiger partial charge in [0.05, 0.1) is 17.2 Å². The summed E-state index contributed by atoms with van der Waals surface area (Å²) in [7, 11) is -4.28. The number of nitrogens with one attached hydrogen (secondary N) is 1. The Morgan fingerprint density at radius 3 is 2.15 bits per heavy atom. The number of likely N-dealkylation sites (N-methyl/N-ethyl adjacent to an activating group) is 1. The molecule has 40 heavy (non-hydrogen) atoms. The molecule has 0 heterocycles. The van der Waals surface area contributed by atoms with Crippen LogP contribution in [0.4, 0.5) is 10.1 Å². The molecule has 8 nitrogen and oxygen atoms in total. The quantitative estimate of drug-likeness (QED) is 0.310. The first kappa shape index (κ1) is 30.6. The number of rotatable bonds is 14. The molecule has 0 aromatic heterocycles. The van der Waals surface area contributed by atoms with Gasteiger partial charge in [0.15, 0.2) is 0 Å². The van der Waals surface area contributed by atoms with Gasteiger partial charge < -0.3 is 15.0 Å². The van der Waals surface area contributed by atoms with Crippen LogP contribution in [0.5, 0.6) is 5.75 Å². The number of sulfonamides is 1. The molecule has 0 saturated heterocycles. The van der Waals surface area contributed by atoms with E-state index in [4.69, 9.17) is 4.74 Å². The van der Waals surface area contributed by atoms with Crippen LogP contribution in [0, 0.1) is 5.82 Å². The van der Waals surface area contributed by atoms with Gasteiger partial charge in [0, 0.05) is 13.1 Å². The van der Waals surface area contributed by atoms with E-state index in [2.05, 4.69) is 5.32 Å². The summed E-state index contributed by atoms with van der Waals surface area (Å²) in [4.78, 5) is 28.1. The smallest absolute Gasteiger partial charge is 0.264 e. The highest BCUT2D eigenvalue weighted by Gasteiger charge is 2.33. The normalized spacial score (nSPS) is 11.9. The Balaban J connectivity index is 2.00. The lowest BCUT2D eigenvalue weighted by Crippen LogP contribution is -2.53. The Bertz CT molecular complexity index is 1350. The molecular weight excluding hydrogens is 533 g/mol. The number of carbonyl (C=O) groups excluding carboxylic acids is 2. The molecule has 0 unspecified atom stereocenters. The minimum absolute atomic E-state index is 0.165. The summed E-state index contributed by atoms with van der Waals surface area (Å²) in [6.45, 7) is 5.93. The fourth-order valence-corrected chi connectivity index (χ4v) is 5.74. The highest BCUT2D eigenvalue weighted by atomic mass is 32.2. The highest BCUT2D eigenvalue weighted by molar-refractivity contribution is 7.92. The van der Waals surface area contributed by atoms with Crippen LogP contribution in [-0.4, -0.2) is 57.4 Å². The van der Waals surface area contributed by atoms with Crippen molar-refractivity contribution in [2.24, 2.45) is 0 Å². The fraction of sp³-hybridized carbons (Fsp3) is 0.333. The predicted molar refractivity (Wildman–Crippen MR) is 153 cm³/mol. The van der Waals surface area contributed by atoms with Crippen molar-refractivity contribution in [2.75, 3.05) is 30.5 Å². The van der Waals surface area contributed by atoms with E-state index in [1.807, 2.05) is 44.2 Å². The molecule has 0 bridgehead atoms. The van der Waals surface area contributed by atoms with Crippen LogP contribution < -0.4 is 14.4 Å². The summed E-state index contributed by atoms with van der Waals surface area (Å²) in [5.74, 6) is -0.875. The van der Waals surface area contributed by atoms with Crippen LogP contribution >= 0.6 is 0 Å². The van der Waals surface area contributed by atoms with Crippen molar-refractivity contribution in [2.45, 2.75) is 44.6 Å². The standard InChI is InChI=1S/C30H36FN3O5S/c1-4-28(30(36)32-5-2)33(21-20-23-10-8-7-9-11-23)29(35)22-34(25-14-16-26(17-15-25)39-6-3)40(37,38)27-18-12-24(31)13-19-27/h7-19,28H,4-6,20-22H2,1-3H3,(H,32,36)/t28-/m0/s1. The van der Waals surface area contributed by atoms with Gasteiger partial charge in [-0.05, 0) is 80.8 Å². The SMILES string of the molecule is CCNC(=O)[C@H](CC)N(CCc1ccccc1)C(=O)CN(c1ccc(OCC)cc1)S(=O)(=O)c1ccc(F)cc1. The minimum atomic E-state index is -4.28. The van der Waals surface area contributed by atoms with Crippen LogP contribution in [0.15, 0.2) is 83.8 Å². The van der Waals surface area contributed by atoms with E-state index in [1.165, 1.54) is 4.90 Å². The lowest BCUT2D eigenvalue weighted by atomic mass is 10.1. The number of benzene rings is 3. The van der Waals surface area contributed by atoms with Gasteiger partial charge in [-0.3, -0.25) is 13.9 Å². The molecule has 3 aromatic carbocycles. The first-order valence-corrected chi connectivity index (χ1v) is 14.8. The van der Waals surface area contributed by atoms with E-state index in [1.54, 1.807) is 31.2 Å². The summed E-state index contributed by atoms with van der Waals surface area (Å²) in [6.07, 6.45) is 0.830. The maximum absolute atomic E-state index is 13.9. The monoisotopic (exact) mass is 569 g/mol. The summed E-state index contributed by atoms with van der Waals surface area (Å²) in [5, 5.41) is 2.78. The molecule has 214 valence electrons. The topological polar surface area (TPSA) is 96.0 Å². The van der Waals surface area contributed by atoms with Gasteiger partial charge >= 0.3 is 0 Å². The first-order valence-electron chi connectivity index (χ1n) is 13.3. The average molecular weight is 570 g/mol. The molecule has 2 amide bonds. The zero-order chi connectivity index (χ0) is 29.1. The number of hydrogen-bond donors (Lipinski definition) is 1. The molecule has 10 heteroatoms. The zero-order valence-corrected chi connectivity index (χ0v) is 23.9.